The minimum Gasteiger partial charge on any atom is -0.497 e. The zero-order valence-corrected chi connectivity index (χ0v) is 16.0. The van der Waals surface area contributed by atoms with Crippen molar-refractivity contribution in [3.8, 4) is 17.1 Å². The second-order valence-electron chi connectivity index (χ2n) is 5.93. The highest BCUT2D eigenvalue weighted by molar-refractivity contribution is 6.36. The molecule has 5 heteroatoms. The van der Waals surface area contributed by atoms with Gasteiger partial charge < -0.3 is 9.15 Å². The van der Waals surface area contributed by atoms with Gasteiger partial charge in [-0.05, 0) is 36.4 Å². The molecule has 0 fully saturated rings. The van der Waals surface area contributed by atoms with E-state index < -0.39 is 0 Å². The van der Waals surface area contributed by atoms with Gasteiger partial charge in [0.25, 0.3) is 0 Å². The molecule has 0 bridgehead atoms. The molecule has 3 nitrogen and oxygen atoms in total. The number of nitrogens with zero attached hydrogens (tertiary/aromatic N) is 1. The van der Waals surface area contributed by atoms with Crippen molar-refractivity contribution in [3.05, 3.63) is 88.2 Å². The Hall–Kier alpha value is -2.75. The van der Waals surface area contributed by atoms with E-state index in [0.717, 1.165) is 27.8 Å². The molecule has 0 N–H and O–H groups in total. The fourth-order valence-electron chi connectivity index (χ4n) is 2.81. The van der Waals surface area contributed by atoms with Crippen molar-refractivity contribution < 1.29 is 9.15 Å². The fourth-order valence-corrected chi connectivity index (χ4v) is 3.26. The predicted molar refractivity (Wildman–Crippen MR) is 110 cm³/mol. The van der Waals surface area contributed by atoms with Crippen molar-refractivity contribution >= 4 is 39.9 Å². The molecule has 1 aromatic heterocycles. The molecular weight excluding hydrogens is 381 g/mol. The first-order chi connectivity index (χ1) is 13.1. The molecule has 4 aromatic rings. The molecule has 4 rings (SSSR count). The van der Waals surface area contributed by atoms with Gasteiger partial charge in [-0.2, -0.15) is 0 Å². The zero-order valence-electron chi connectivity index (χ0n) is 14.4. The first-order valence-corrected chi connectivity index (χ1v) is 9.07. The Morgan fingerprint density at radius 2 is 1.70 bits per heavy atom. The molecular formula is C22H15Cl2NO2. The lowest BCUT2D eigenvalue weighted by atomic mass is 10.1. The van der Waals surface area contributed by atoms with E-state index in [2.05, 4.69) is 0 Å². The van der Waals surface area contributed by atoms with Crippen molar-refractivity contribution in [3.63, 3.8) is 0 Å². The largest absolute Gasteiger partial charge is 0.497 e. The molecule has 0 aliphatic rings. The summed E-state index contributed by atoms with van der Waals surface area (Å²) in [6.07, 6.45) is 0. The van der Waals surface area contributed by atoms with Crippen LogP contribution in [0.3, 0.4) is 0 Å². The van der Waals surface area contributed by atoms with Gasteiger partial charge >= 0.3 is 0 Å². The lowest BCUT2D eigenvalue weighted by molar-refractivity contribution is 0.415. The van der Waals surface area contributed by atoms with Crippen LogP contribution in [0.15, 0.2) is 82.2 Å². The Kier molecular flexibility index (Phi) is 4.88. The van der Waals surface area contributed by atoms with E-state index in [1.54, 1.807) is 25.3 Å². The van der Waals surface area contributed by atoms with Gasteiger partial charge in [-0.15, -0.1) is 0 Å². The molecule has 3 aromatic carbocycles. The van der Waals surface area contributed by atoms with Crippen LogP contribution in [0.1, 0.15) is 0 Å². The number of rotatable bonds is 3. The quantitative estimate of drug-likeness (QED) is 0.389. The van der Waals surface area contributed by atoms with Gasteiger partial charge in [0.05, 0.1) is 23.2 Å². The highest BCUT2D eigenvalue weighted by atomic mass is 35.5. The van der Waals surface area contributed by atoms with Crippen LogP contribution in [0.25, 0.3) is 22.3 Å². The van der Waals surface area contributed by atoms with Crippen LogP contribution in [0.4, 0.5) is 5.69 Å². The monoisotopic (exact) mass is 395 g/mol. The zero-order chi connectivity index (χ0) is 18.8. The van der Waals surface area contributed by atoms with E-state index in [0.29, 0.717) is 21.3 Å². The Morgan fingerprint density at radius 3 is 2.44 bits per heavy atom. The molecule has 0 saturated carbocycles. The van der Waals surface area contributed by atoms with Crippen LogP contribution >= 0.6 is 23.2 Å². The topological polar surface area (TPSA) is 34.7 Å². The Morgan fingerprint density at radius 1 is 0.889 bits per heavy atom. The van der Waals surface area contributed by atoms with E-state index in [1.807, 2.05) is 54.6 Å². The maximum atomic E-state index is 6.32. The molecule has 0 unspecified atom stereocenters. The molecule has 27 heavy (non-hydrogen) atoms. The predicted octanol–water partition coefficient (Wildman–Crippen LogP) is 6.65. The fraction of sp³-hybridized carbons (Fsp3) is 0.0455. The number of ether oxygens (including phenoxy) is 1. The summed E-state index contributed by atoms with van der Waals surface area (Å²) in [6, 6.07) is 22.7. The summed E-state index contributed by atoms with van der Waals surface area (Å²) in [5.74, 6) is 1.45. The summed E-state index contributed by atoms with van der Waals surface area (Å²) in [6.45, 7) is 0. The van der Waals surface area contributed by atoms with Gasteiger partial charge in [0.15, 0.2) is 0 Å². The lowest BCUT2D eigenvalue weighted by Gasteiger charge is -2.07. The van der Waals surface area contributed by atoms with Crippen LogP contribution in [0.5, 0.6) is 5.75 Å². The molecule has 0 aliphatic heterocycles. The summed E-state index contributed by atoms with van der Waals surface area (Å²) >= 11 is 12.3. The van der Waals surface area contributed by atoms with Crippen LogP contribution in [-0.4, -0.2) is 7.11 Å². The van der Waals surface area contributed by atoms with Crippen LogP contribution < -0.4 is 10.1 Å². The lowest BCUT2D eigenvalue weighted by Crippen LogP contribution is -2.03. The maximum Gasteiger partial charge on any atom is 0.137 e. The van der Waals surface area contributed by atoms with Gasteiger partial charge in [-0.1, -0.05) is 53.5 Å². The third-order valence-corrected chi connectivity index (χ3v) is 4.70. The number of halogens is 2. The molecule has 0 atom stereocenters. The molecule has 0 amide bonds. The molecule has 0 aliphatic carbocycles. The van der Waals surface area contributed by atoms with Crippen molar-refractivity contribution in [2.24, 2.45) is 4.99 Å². The second-order valence-corrected chi connectivity index (χ2v) is 6.78. The molecule has 0 spiro atoms. The van der Waals surface area contributed by atoms with Gasteiger partial charge in [-0.3, -0.25) is 0 Å². The normalized spacial score (nSPS) is 11.7. The third-order valence-electron chi connectivity index (χ3n) is 4.16. The first kappa shape index (κ1) is 17.7. The van der Waals surface area contributed by atoms with Crippen LogP contribution in [-0.2, 0) is 0 Å². The van der Waals surface area contributed by atoms with Crippen molar-refractivity contribution in [1.82, 2.24) is 0 Å². The summed E-state index contributed by atoms with van der Waals surface area (Å²) in [4.78, 5) is 4.77. The average Bonchev–Trinajstić information content (AvgIpc) is 2.70. The number of benzene rings is 3. The van der Waals surface area contributed by atoms with Gasteiger partial charge in [-0.25, -0.2) is 4.99 Å². The maximum absolute atomic E-state index is 6.32. The standard InChI is InChI=1S/C22H15Cl2NO2/c1-26-16-8-10-21-17(12-16)20(25-19-9-7-15(23)11-18(19)24)13-22(27-21)14-5-3-2-4-6-14/h2-13H,1H3. The minimum atomic E-state index is 0.487. The van der Waals surface area contributed by atoms with E-state index in [9.17, 15) is 0 Å². The molecule has 0 saturated heterocycles. The highest BCUT2D eigenvalue weighted by Gasteiger charge is 2.08. The van der Waals surface area contributed by atoms with Gasteiger partial charge in [0.1, 0.15) is 17.1 Å². The molecule has 1 heterocycles. The molecule has 134 valence electrons. The van der Waals surface area contributed by atoms with Crippen molar-refractivity contribution in [1.29, 1.82) is 0 Å². The summed E-state index contributed by atoms with van der Waals surface area (Å²) in [7, 11) is 1.63. The van der Waals surface area contributed by atoms with E-state index in [1.165, 1.54) is 0 Å². The number of methoxy groups -OCH3 is 1. The van der Waals surface area contributed by atoms with E-state index in [-0.39, 0.29) is 0 Å². The minimum absolute atomic E-state index is 0.487. The van der Waals surface area contributed by atoms with Crippen LogP contribution in [0, 0.1) is 0 Å². The summed E-state index contributed by atoms with van der Waals surface area (Å²) < 4.78 is 11.5. The van der Waals surface area contributed by atoms with Gasteiger partial charge in [0.2, 0.25) is 0 Å². The average molecular weight is 396 g/mol. The van der Waals surface area contributed by atoms with Crippen molar-refractivity contribution in [2.45, 2.75) is 0 Å². The Balaban J connectivity index is 2.02. The van der Waals surface area contributed by atoms with Crippen molar-refractivity contribution in [2.75, 3.05) is 7.11 Å². The van der Waals surface area contributed by atoms with Gasteiger partial charge in [0, 0.05) is 22.0 Å². The Labute approximate surface area is 166 Å². The van der Waals surface area contributed by atoms with Crippen LogP contribution in [0.2, 0.25) is 10.0 Å². The Bertz CT molecular complexity index is 1180. The van der Waals surface area contributed by atoms with E-state index >= 15 is 0 Å². The first-order valence-electron chi connectivity index (χ1n) is 8.31. The second kappa shape index (κ2) is 7.47. The third kappa shape index (κ3) is 3.70. The smallest absolute Gasteiger partial charge is 0.137 e. The summed E-state index contributed by atoms with van der Waals surface area (Å²) in [5, 5.41) is 2.62. The number of hydrogen-bond donors (Lipinski definition) is 0. The number of hydrogen-bond acceptors (Lipinski definition) is 3. The van der Waals surface area contributed by atoms with E-state index in [4.69, 9.17) is 37.3 Å². The summed E-state index contributed by atoms with van der Waals surface area (Å²) in [5.41, 5.74) is 2.31. The highest BCUT2D eigenvalue weighted by Crippen LogP contribution is 2.29. The molecule has 0 radical (unpaired) electrons. The number of fused-ring (bicyclic) bond motifs is 1. The SMILES string of the molecule is COc1ccc2oc(-c3ccccc3)cc(=Nc3ccc(Cl)cc3Cl)c2c1.